The number of nitrogens with one attached hydrogen (secondary N) is 1. The molecule has 0 unspecified atom stereocenters. The van der Waals surface area contributed by atoms with Crippen LogP contribution >= 0.6 is 0 Å². The summed E-state index contributed by atoms with van der Waals surface area (Å²) >= 11 is 0. The molecule has 0 aromatic carbocycles. The van der Waals surface area contributed by atoms with Crippen molar-refractivity contribution in [2.75, 3.05) is 19.8 Å². The van der Waals surface area contributed by atoms with Crippen LogP contribution in [-0.2, 0) is 9.53 Å². The zero-order chi connectivity index (χ0) is 12.2. The van der Waals surface area contributed by atoms with E-state index < -0.39 is 17.7 Å². The monoisotopic (exact) mass is 231 g/mol. The molecule has 1 N–H and O–H groups in total. The zero-order valence-electron chi connectivity index (χ0n) is 10.4. The number of carbonyl (C=O) groups is 1. The summed E-state index contributed by atoms with van der Waals surface area (Å²) in [6.07, 6.45) is 1.63. The third-order valence-corrected chi connectivity index (χ3v) is 2.97. The lowest BCUT2D eigenvalue weighted by atomic mass is 9.76. The molecule has 0 aromatic heterocycles. The Morgan fingerprint density at radius 3 is 2.38 bits per heavy atom. The molecule has 0 aliphatic carbocycles. The van der Waals surface area contributed by atoms with Gasteiger partial charge >= 0.3 is 5.97 Å². The van der Waals surface area contributed by atoms with Gasteiger partial charge in [0, 0.05) is 0 Å². The Morgan fingerprint density at radius 2 is 1.94 bits per heavy atom. The first-order chi connectivity index (χ1) is 7.40. The largest absolute Gasteiger partial charge is 0.460 e. The summed E-state index contributed by atoms with van der Waals surface area (Å²) in [5.41, 5.74) is -1.10. The van der Waals surface area contributed by atoms with Crippen molar-refractivity contribution in [1.82, 2.24) is 5.32 Å². The van der Waals surface area contributed by atoms with Crippen LogP contribution in [0.2, 0.25) is 0 Å². The van der Waals surface area contributed by atoms with Gasteiger partial charge in [-0.3, -0.25) is 9.18 Å². The minimum Gasteiger partial charge on any atom is -0.460 e. The van der Waals surface area contributed by atoms with E-state index in [-0.39, 0.29) is 12.4 Å². The van der Waals surface area contributed by atoms with E-state index in [9.17, 15) is 9.18 Å². The Kier molecular flexibility index (Phi) is 4.30. The Balaban J connectivity index is 2.72. The van der Waals surface area contributed by atoms with Gasteiger partial charge in [-0.25, -0.2) is 0 Å². The van der Waals surface area contributed by atoms with Crippen molar-refractivity contribution < 1.29 is 13.9 Å². The quantitative estimate of drug-likeness (QED) is 0.756. The molecule has 1 aliphatic heterocycles. The van der Waals surface area contributed by atoms with Gasteiger partial charge in [0.05, 0.1) is 12.1 Å². The molecular formula is C12H22FNO2. The summed E-state index contributed by atoms with van der Waals surface area (Å²) in [6.45, 7) is 6.59. The normalized spacial score (nSPS) is 20.5. The van der Waals surface area contributed by atoms with Crippen molar-refractivity contribution in [3.8, 4) is 0 Å². The molecule has 1 saturated heterocycles. The average Bonchev–Trinajstić information content (AvgIpc) is 2.17. The van der Waals surface area contributed by atoms with Crippen LogP contribution in [0, 0.1) is 5.41 Å². The number of alkyl halides is 1. The summed E-state index contributed by atoms with van der Waals surface area (Å²) in [4.78, 5) is 12.1. The van der Waals surface area contributed by atoms with Gasteiger partial charge < -0.3 is 10.1 Å². The molecule has 4 heteroatoms. The number of carbonyl (C=O) groups excluding carboxylic acids is 1. The third kappa shape index (κ3) is 3.44. The van der Waals surface area contributed by atoms with Crippen LogP contribution in [0.25, 0.3) is 0 Å². The van der Waals surface area contributed by atoms with E-state index >= 15 is 0 Å². The number of esters is 1. The van der Waals surface area contributed by atoms with E-state index in [1.807, 2.05) is 20.8 Å². The molecule has 1 rings (SSSR count). The predicted molar refractivity (Wildman–Crippen MR) is 61.0 cm³/mol. The summed E-state index contributed by atoms with van der Waals surface area (Å²) in [7, 11) is 0. The van der Waals surface area contributed by atoms with E-state index in [4.69, 9.17) is 4.74 Å². The van der Waals surface area contributed by atoms with Crippen LogP contribution in [0.4, 0.5) is 4.39 Å². The second kappa shape index (κ2) is 5.13. The van der Waals surface area contributed by atoms with Crippen molar-refractivity contribution in [3.05, 3.63) is 0 Å². The van der Waals surface area contributed by atoms with Crippen LogP contribution in [0.15, 0.2) is 0 Å². The summed E-state index contributed by atoms with van der Waals surface area (Å²) in [6, 6.07) is 0. The molecule has 0 saturated carbocycles. The lowest BCUT2D eigenvalue weighted by Crippen LogP contribution is -2.45. The second-order valence-electron chi connectivity index (χ2n) is 5.47. The maximum absolute atomic E-state index is 12.6. The Labute approximate surface area is 96.7 Å². The van der Waals surface area contributed by atoms with E-state index in [0.717, 1.165) is 13.1 Å². The van der Waals surface area contributed by atoms with Gasteiger partial charge in [0.25, 0.3) is 0 Å². The molecule has 0 atom stereocenters. The number of hydrogen-bond donors (Lipinski definition) is 1. The zero-order valence-corrected chi connectivity index (χ0v) is 10.4. The average molecular weight is 231 g/mol. The Bertz CT molecular complexity index is 236. The van der Waals surface area contributed by atoms with Gasteiger partial charge in [0.15, 0.2) is 0 Å². The van der Waals surface area contributed by atoms with E-state index in [1.165, 1.54) is 0 Å². The molecule has 1 heterocycles. The van der Waals surface area contributed by atoms with Gasteiger partial charge in [-0.1, -0.05) is 0 Å². The minimum atomic E-state index is -0.604. The molecule has 0 radical (unpaired) electrons. The highest BCUT2D eigenvalue weighted by atomic mass is 19.1. The fourth-order valence-electron chi connectivity index (χ4n) is 2.03. The lowest BCUT2D eigenvalue weighted by molar-refractivity contribution is -0.170. The van der Waals surface area contributed by atoms with Crippen molar-refractivity contribution in [1.29, 1.82) is 0 Å². The highest BCUT2D eigenvalue weighted by Crippen LogP contribution is 2.35. The molecule has 16 heavy (non-hydrogen) atoms. The summed E-state index contributed by atoms with van der Waals surface area (Å²) < 4.78 is 18.0. The molecule has 0 amide bonds. The molecule has 1 fully saturated rings. The Hall–Kier alpha value is -0.640. The van der Waals surface area contributed by atoms with Gasteiger partial charge in [-0.05, 0) is 53.1 Å². The molecule has 0 aromatic rings. The van der Waals surface area contributed by atoms with Crippen molar-refractivity contribution >= 4 is 5.97 Å². The van der Waals surface area contributed by atoms with Crippen LogP contribution < -0.4 is 5.32 Å². The molecule has 3 nitrogen and oxygen atoms in total. The fraction of sp³-hybridized carbons (Fsp3) is 0.917. The predicted octanol–water partition coefficient (Wildman–Crippen LogP) is 2.06. The lowest BCUT2D eigenvalue weighted by Gasteiger charge is -2.36. The fourth-order valence-corrected chi connectivity index (χ4v) is 2.03. The number of ether oxygens (including phenoxy) is 1. The van der Waals surface area contributed by atoms with Gasteiger partial charge in [-0.2, -0.15) is 0 Å². The van der Waals surface area contributed by atoms with Gasteiger partial charge in [0.1, 0.15) is 5.60 Å². The smallest absolute Gasteiger partial charge is 0.312 e. The maximum Gasteiger partial charge on any atom is 0.312 e. The van der Waals surface area contributed by atoms with Crippen LogP contribution in [0.1, 0.15) is 40.0 Å². The highest BCUT2D eigenvalue weighted by Gasteiger charge is 2.42. The van der Waals surface area contributed by atoms with Crippen LogP contribution in [0.3, 0.4) is 0 Å². The van der Waals surface area contributed by atoms with Crippen molar-refractivity contribution in [2.45, 2.75) is 45.6 Å². The molecule has 94 valence electrons. The maximum atomic E-state index is 12.6. The van der Waals surface area contributed by atoms with Crippen LogP contribution in [-0.4, -0.2) is 31.3 Å². The van der Waals surface area contributed by atoms with E-state index in [1.54, 1.807) is 0 Å². The van der Waals surface area contributed by atoms with Gasteiger partial charge in [-0.15, -0.1) is 0 Å². The second-order valence-corrected chi connectivity index (χ2v) is 5.47. The van der Waals surface area contributed by atoms with E-state index in [0.29, 0.717) is 12.8 Å². The number of piperidine rings is 1. The first-order valence-electron chi connectivity index (χ1n) is 5.90. The number of hydrogen-bond acceptors (Lipinski definition) is 3. The molecule has 0 bridgehead atoms. The first kappa shape index (κ1) is 13.4. The van der Waals surface area contributed by atoms with Crippen molar-refractivity contribution in [2.24, 2.45) is 5.41 Å². The van der Waals surface area contributed by atoms with Crippen molar-refractivity contribution in [3.63, 3.8) is 0 Å². The summed E-state index contributed by atoms with van der Waals surface area (Å²) in [5.74, 6) is -0.237. The molecule has 0 spiro atoms. The number of rotatable bonds is 3. The topological polar surface area (TPSA) is 38.3 Å². The number of halogens is 1. The molecular weight excluding hydrogens is 209 g/mol. The molecule has 1 aliphatic rings. The summed E-state index contributed by atoms with van der Waals surface area (Å²) in [5, 5.41) is 3.19. The standard InChI is InChI=1S/C12H22FNO2/c1-11(2,3)16-10(15)12(4-7-13)5-8-14-9-6-12/h14H,4-9H2,1-3H3. The first-order valence-corrected chi connectivity index (χ1v) is 5.90. The third-order valence-electron chi connectivity index (χ3n) is 2.97. The minimum absolute atomic E-state index is 0.237. The van der Waals surface area contributed by atoms with E-state index in [2.05, 4.69) is 5.32 Å². The highest BCUT2D eigenvalue weighted by molar-refractivity contribution is 5.77. The van der Waals surface area contributed by atoms with Gasteiger partial charge in [0.2, 0.25) is 0 Å². The van der Waals surface area contributed by atoms with Crippen LogP contribution in [0.5, 0.6) is 0 Å². The SMILES string of the molecule is CC(C)(C)OC(=O)C1(CCF)CCNCC1. The Morgan fingerprint density at radius 1 is 1.38 bits per heavy atom.